The molecular weight excluding hydrogens is 256 g/mol. The zero-order valence-electron chi connectivity index (χ0n) is 10.0. The topological polar surface area (TPSA) is 92.5 Å². The van der Waals surface area contributed by atoms with Crippen LogP contribution >= 0.6 is 11.8 Å². The number of thioether (sulfide) groups is 1. The summed E-state index contributed by atoms with van der Waals surface area (Å²) in [6, 6.07) is 3.71. The number of anilines is 1. The van der Waals surface area contributed by atoms with Gasteiger partial charge in [-0.25, -0.2) is 4.79 Å². The standard InChI is InChI=1S/C11H14N2O4S/c1-7(6-18-2)12-10-5-8(13(16)17)3-4-9(10)11(14)15/h3-5,7,12H,6H2,1-2H3,(H,14,15). The molecule has 0 spiro atoms. The summed E-state index contributed by atoms with van der Waals surface area (Å²) in [5, 5.41) is 22.7. The quantitative estimate of drug-likeness (QED) is 0.609. The smallest absolute Gasteiger partial charge is 0.337 e. The number of benzene rings is 1. The molecule has 0 bridgehead atoms. The fourth-order valence-corrected chi connectivity index (χ4v) is 2.09. The number of nitro groups is 1. The molecule has 0 amide bonds. The van der Waals surface area contributed by atoms with E-state index in [1.807, 2.05) is 13.2 Å². The lowest BCUT2D eigenvalue weighted by molar-refractivity contribution is -0.384. The van der Waals surface area contributed by atoms with Crippen molar-refractivity contribution in [1.82, 2.24) is 0 Å². The van der Waals surface area contributed by atoms with Crippen molar-refractivity contribution in [3.05, 3.63) is 33.9 Å². The Kier molecular flexibility index (Phi) is 4.96. The van der Waals surface area contributed by atoms with E-state index in [-0.39, 0.29) is 23.0 Å². The number of rotatable bonds is 6. The predicted octanol–water partition coefficient (Wildman–Crippen LogP) is 2.46. The van der Waals surface area contributed by atoms with Gasteiger partial charge in [-0.1, -0.05) is 0 Å². The van der Waals surface area contributed by atoms with Crippen LogP contribution in [0.25, 0.3) is 0 Å². The van der Waals surface area contributed by atoms with Gasteiger partial charge >= 0.3 is 5.97 Å². The number of nitrogens with one attached hydrogen (secondary N) is 1. The summed E-state index contributed by atoms with van der Waals surface area (Å²) in [5.74, 6) is -0.328. The van der Waals surface area contributed by atoms with Crippen molar-refractivity contribution in [2.45, 2.75) is 13.0 Å². The zero-order valence-corrected chi connectivity index (χ0v) is 10.9. The molecule has 18 heavy (non-hydrogen) atoms. The average molecular weight is 270 g/mol. The van der Waals surface area contributed by atoms with Crippen molar-refractivity contribution in [3.8, 4) is 0 Å². The number of carbonyl (C=O) groups is 1. The van der Waals surface area contributed by atoms with Gasteiger partial charge in [0.15, 0.2) is 0 Å². The van der Waals surface area contributed by atoms with Gasteiger partial charge < -0.3 is 10.4 Å². The Morgan fingerprint density at radius 1 is 1.61 bits per heavy atom. The zero-order chi connectivity index (χ0) is 13.7. The fourth-order valence-electron chi connectivity index (χ4n) is 1.51. The van der Waals surface area contributed by atoms with Gasteiger partial charge in [-0.15, -0.1) is 0 Å². The Bertz CT molecular complexity index is 464. The average Bonchev–Trinajstić information content (AvgIpc) is 2.28. The highest BCUT2D eigenvalue weighted by Gasteiger charge is 2.16. The predicted molar refractivity (Wildman–Crippen MR) is 71.5 cm³/mol. The molecule has 0 aliphatic rings. The molecule has 1 aromatic carbocycles. The van der Waals surface area contributed by atoms with Crippen molar-refractivity contribution in [2.24, 2.45) is 0 Å². The number of carboxylic acids is 1. The van der Waals surface area contributed by atoms with Gasteiger partial charge in [0.05, 0.1) is 16.2 Å². The molecule has 1 unspecified atom stereocenters. The van der Waals surface area contributed by atoms with Crippen molar-refractivity contribution < 1.29 is 14.8 Å². The highest BCUT2D eigenvalue weighted by molar-refractivity contribution is 7.98. The van der Waals surface area contributed by atoms with Gasteiger partial charge in [0, 0.05) is 23.9 Å². The maximum Gasteiger partial charge on any atom is 0.337 e. The van der Waals surface area contributed by atoms with Gasteiger partial charge in [0.1, 0.15) is 0 Å². The number of aromatic carboxylic acids is 1. The molecule has 0 aliphatic heterocycles. The fraction of sp³-hybridized carbons (Fsp3) is 0.364. The Hall–Kier alpha value is -1.76. The van der Waals surface area contributed by atoms with Crippen LogP contribution in [0.2, 0.25) is 0 Å². The Balaban J connectivity index is 3.07. The molecule has 0 aliphatic carbocycles. The summed E-state index contributed by atoms with van der Waals surface area (Å²) in [7, 11) is 0. The van der Waals surface area contributed by atoms with E-state index in [9.17, 15) is 14.9 Å². The second-order valence-electron chi connectivity index (χ2n) is 3.79. The van der Waals surface area contributed by atoms with Gasteiger partial charge in [-0.3, -0.25) is 10.1 Å². The van der Waals surface area contributed by atoms with Crippen molar-refractivity contribution in [3.63, 3.8) is 0 Å². The summed E-state index contributed by atoms with van der Waals surface area (Å²) in [4.78, 5) is 21.2. The summed E-state index contributed by atoms with van der Waals surface area (Å²) in [5.41, 5.74) is 0.186. The number of hydrogen-bond donors (Lipinski definition) is 2. The SMILES string of the molecule is CSCC(C)Nc1cc([N+](=O)[O-])ccc1C(=O)O. The summed E-state index contributed by atoms with van der Waals surface area (Å²) >= 11 is 1.61. The molecule has 7 heteroatoms. The van der Waals surface area contributed by atoms with Gasteiger partial charge in [0.2, 0.25) is 0 Å². The van der Waals surface area contributed by atoms with E-state index in [1.165, 1.54) is 18.2 Å². The molecule has 0 fully saturated rings. The van der Waals surface area contributed by atoms with E-state index in [2.05, 4.69) is 5.32 Å². The molecule has 0 heterocycles. The van der Waals surface area contributed by atoms with Crippen LogP contribution in [0.15, 0.2) is 18.2 Å². The molecule has 0 radical (unpaired) electrons. The summed E-state index contributed by atoms with van der Waals surface area (Å²) in [6.45, 7) is 1.89. The third kappa shape index (κ3) is 3.63. The minimum absolute atomic E-state index is 0.0279. The number of non-ortho nitro benzene ring substituents is 1. The van der Waals surface area contributed by atoms with E-state index >= 15 is 0 Å². The van der Waals surface area contributed by atoms with Crippen LogP contribution in [0.3, 0.4) is 0 Å². The molecule has 1 rings (SSSR count). The number of nitro benzene ring substituents is 1. The first kappa shape index (κ1) is 14.3. The van der Waals surface area contributed by atoms with Crippen LogP contribution in [0, 0.1) is 10.1 Å². The van der Waals surface area contributed by atoms with E-state index in [1.54, 1.807) is 11.8 Å². The van der Waals surface area contributed by atoms with Crippen LogP contribution in [0.4, 0.5) is 11.4 Å². The molecule has 0 saturated heterocycles. The Labute approximate surface area is 109 Å². The highest BCUT2D eigenvalue weighted by Crippen LogP contribution is 2.23. The van der Waals surface area contributed by atoms with Crippen LogP contribution in [0.5, 0.6) is 0 Å². The third-order valence-electron chi connectivity index (χ3n) is 2.26. The lowest BCUT2D eigenvalue weighted by Crippen LogP contribution is -2.19. The maximum absolute atomic E-state index is 11.0. The Morgan fingerprint density at radius 2 is 2.28 bits per heavy atom. The van der Waals surface area contributed by atoms with Gasteiger partial charge in [-0.2, -0.15) is 11.8 Å². The molecule has 2 N–H and O–H groups in total. The maximum atomic E-state index is 11.0. The molecule has 1 aromatic rings. The molecule has 98 valence electrons. The second kappa shape index (κ2) is 6.25. The normalized spacial score (nSPS) is 11.9. The lowest BCUT2D eigenvalue weighted by Gasteiger charge is -2.15. The summed E-state index contributed by atoms with van der Waals surface area (Å²) in [6.07, 6.45) is 1.93. The van der Waals surface area contributed by atoms with Gasteiger partial charge in [0.25, 0.3) is 5.69 Å². The monoisotopic (exact) mass is 270 g/mol. The molecule has 0 saturated carbocycles. The Morgan fingerprint density at radius 3 is 2.78 bits per heavy atom. The first-order valence-corrected chi connectivity index (χ1v) is 6.62. The molecule has 0 aromatic heterocycles. The number of carboxylic acid groups (broad SMARTS) is 1. The first-order valence-electron chi connectivity index (χ1n) is 5.23. The lowest BCUT2D eigenvalue weighted by atomic mass is 10.1. The van der Waals surface area contributed by atoms with Crippen LogP contribution < -0.4 is 5.32 Å². The van der Waals surface area contributed by atoms with Crippen LogP contribution in [-0.2, 0) is 0 Å². The highest BCUT2D eigenvalue weighted by atomic mass is 32.2. The van der Waals surface area contributed by atoms with Crippen LogP contribution in [0.1, 0.15) is 17.3 Å². The first-order chi connectivity index (χ1) is 8.45. The van der Waals surface area contributed by atoms with E-state index in [0.717, 1.165) is 5.75 Å². The van der Waals surface area contributed by atoms with E-state index in [4.69, 9.17) is 5.11 Å². The van der Waals surface area contributed by atoms with Crippen LogP contribution in [-0.4, -0.2) is 34.0 Å². The van der Waals surface area contributed by atoms with Crippen molar-refractivity contribution >= 4 is 29.1 Å². The van der Waals surface area contributed by atoms with E-state index in [0.29, 0.717) is 0 Å². The molecule has 1 atom stereocenters. The largest absolute Gasteiger partial charge is 0.478 e. The third-order valence-corrected chi connectivity index (χ3v) is 3.10. The molecular formula is C11H14N2O4S. The van der Waals surface area contributed by atoms with E-state index < -0.39 is 10.9 Å². The van der Waals surface area contributed by atoms with Crippen molar-refractivity contribution in [1.29, 1.82) is 0 Å². The number of hydrogen-bond acceptors (Lipinski definition) is 5. The second-order valence-corrected chi connectivity index (χ2v) is 4.70. The minimum Gasteiger partial charge on any atom is -0.478 e. The minimum atomic E-state index is -1.11. The molecule has 6 nitrogen and oxygen atoms in total. The van der Waals surface area contributed by atoms with Gasteiger partial charge in [-0.05, 0) is 19.2 Å². The summed E-state index contributed by atoms with van der Waals surface area (Å²) < 4.78 is 0. The number of nitrogens with zero attached hydrogens (tertiary/aromatic N) is 1. The van der Waals surface area contributed by atoms with Crippen molar-refractivity contribution in [2.75, 3.05) is 17.3 Å².